The van der Waals surface area contributed by atoms with Crippen LogP contribution >= 0.6 is 11.6 Å². The number of halogens is 2. The molecule has 0 spiro atoms. The summed E-state index contributed by atoms with van der Waals surface area (Å²) in [7, 11) is -2.41. The third kappa shape index (κ3) is 9.59. The first-order chi connectivity index (χ1) is 23.6. The molecule has 49 heavy (non-hydrogen) atoms. The average molecular weight is 702 g/mol. The fraction of sp³-hybridized carbons (Fsp3) is 0.135. The number of carbonyl (C=O) groups is 2. The quantitative estimate of drug-likeness (QED) is 0.132. The Kier molecular flexibility index (Phi) is 11.5. The Balaban J connectivity index is 1.36. The number of hydrogen-bond acceptors (Lipinski definition) is 6. The van der Waals surface area contributed by atoms with Gasteiger partial charge in [-0.05, 0) is 89.5 Å². The first-order valence-electron chi connectivity index (χ1n) is 15.1. The Morgan fingerprint density at radius 3 is 2.04 bits per heavy atom. The van der Waals surface area contributed by atoms with Crippen LogP contribution in [0, 0.1) is 5.82 Å². The van der Waals surface area contributed by atoms with Crippen molar-refractivity contribution in [2.24, 2.45) is 0 Å². The summed E-state index contributed by atoms with van der Waals surface area (Å²) in [5.74, 6) is -0.493. The van der Waals surface area contributed by atoms with Gasteiger partial charge in [0.15, 0.2) is 6.61 Å². The van der Waals surface area contributed by atoms with Crippen molar-refractivity contribution in [3.63, 3.8) is 0 Å². The van der Waals surface area contributed by atoms with Crippen molar-refractivity contribution in [2.45, 2.75) is 24.0 Å². The molecule has 1 atom stereocenters. The lowest BCUT2D eigenvalue weighted by molar-refractivity contribution is -0.143. The molecule has 0 fully saturated rings. The fourth-order valence-electron chi connectivity index (χ4n) is 4.92. The number of carbonyl (C=O) groups excluding carboxylic acids is 2. The molecule has 12 heteroatoms. The molecule has 0 aromatic heterocycles. The maximum atomic E-state index is 14.0. The van der Waals surface area contributed by atoms with Gasteiger partial charge in [-0.1, -0.05) is 66.2 Å². The SMILES string of the molecule is COc1ccc(CN(C(=O)COc2ccc(S(=O)(=O)Nc3ccc(F)cc3)cc2)C(C(=O)NCc2ccc(Cl)cc2)c2ccccc2)cc1. The lowest BCUT2D eigenvalue weighted by Crippen LogP contribution is -2.45. The topological polar surface area (TPSA) is 114 Å². The molecule has 5 aromatic rings. The number of nitrogens with one attached hydrogen (secondary N) is 2. The van der Waals surface area contributed by atoms with Crippen LogP contribution in [0.2, 0.25) is 5.02 Å². The Morgan fingerprint density at radius 1 is 0.796 bits per heavy atom. The van der Waals surface area contributed by atoms with Gasteiger partial charge in [0, 0.05) is 23.8 Å². The molecule has 5 aromatic carbocycles. The first-order valence-corrected chi connectivity index (χ1v) is 17.0. The summed E-state index contributed by atoms with van der Waals surface area (Å²) >= 11 is 6.02. The average Bonchev–Trinajstić information content (AvgIpc) is 3.12. The molecule has 0 saturated carbocycles. The molecule has 1 unspecified atom stereocenters. The molecule has 5 rings (SSSR count). The minimum atomic E-state index is -3.97. The summed E-state index contributed by atoms with van der Waals surface area (Å²) < 4.78 is 52.4. The van der Waals surface area contributed by atoms with Crippen LogP contribution in [0.15, 0.2) is 132 Å². The van der Waals surface area contributed by atoms with Crippen molar-refractivity contribution in [3.05, 3.63) is 155 Å². The zero-order chi connectivity index (χ0) is 34.8. The molecular formula is C37H33ClFN3O6S. The lowest BCUT2D eigenvalue weighted by atomic mass is 10.0. The normalized spacial score (nSPS) is 11.7. The third-order valence-corrected chi connectivity index (χ3v) is 9.13. The molecule has 2 N–H and O–H groups in total. The summed E-state index contributed by atoms with van der Waals surface area (Å²) in [5.41, 5.74) is 2.39. The summed E-state index contributed by atoms with van der Waals surface area (Å²) in [6.45, 7) is -0.151. The van der Waals surface area contributed by atoms with E-state index in [-0.39, 0.29) is 29.4 Å². The van der Waals surface area contributed by atoms with Crippen LogP contribution in [-0.2, 0) is 32.7 Å². The molecule has 0 heterocycles. The number of sulfonamides is 1. The van der Waals surface area contributed by atoms with Crippen molar-refractivity contribution < 1.29 is 31.9 Å². The molecular weight excluding hydrogens is 669 g/mol. The van der Waals surface area contributed by atoms with Crippen LogP contribution in [0.25, 0.3) is 0 Å². The van der Waals surface area contributed by atoms with Gasteiger partial charge in [-0.25, -0.2) is 12.8 Å². The highest BCUT2D eigenvalue weighted by atomic mass is 35.5. The summed E-state index contributed by atoms with van der Waals surface area (Å²) in [4.78, 5) is 29.3. The number of nitrogens with zero attached hydrogens (tertiary/aromatic N) is 1. The van der Waals surface area contributed by atoms with Gasteiger partial charge in [0.1, 0.15) is 23.4 Å². The number of ether oxygens (including phenoxy) is 2. The number of methoxy groups -OCH3 is 1. The van der Waals surface area contributed by atoms with Crippen LogP contribution in [0.4, 0.5) is 10.1 Å². The van der Waals surface area contributed by atoms with E-state index in [4.69, 9.17) is 21.1 Å². The Hall–Kier alpha value is -5.39. The Bertz CT molecular complexity index is 1960. The minimum Gasteiger partial charge on any atom is -0.497 e. The minimum absolute atomic E-state index is 0.0573. The number of hydrogen-bond donors (Lipinski definition) is 2. The number of amides is 2. The van der Waals surface area contributed by atoms with Crippen molar-refractivity contribution in [3.8, 4) is 11.5 Å². The van der Waals surface area contributed by atoms with Gasteiger partial charge in [0.05, 0.1) is 12.0 Å². The maximum absolute atomic E-state index is 14.0. The highest BCUT2D eigenvalue weighted by molar-refractivity contribution is 7.92. The smallest absolute Gasteiger partial charge is 0.261 e. The van der Waals surface area contributed by atoms with E-state index >= 15 is 0 Å². The second-order valence-electron chi connectivity index (χ2n) is 10.9. The predicted octanol–water partition coefficient (Wildman–Crippen LogP) is 6.75. The van der Waals surface area contributed by atoms with E-state index in [0.29, 0.717) is 16.3 Å². The maximum Gasteiger partial charge on any atom is 0.261 e. The van der Waals surface area contributed by atoms with Gasteiger partial charge >= 0.3 is 0 Å². The van der Waals surface area contributed by atoms with Crippen molar-refractivity contribution >= 4 is 39.1 Å². The van der Waals surface area contributed by atoms with E-state index in [0.717, 1.165) is 23.3 Å². The highest BCUT2D eigenvalue weighted by Crippen LogP contribution is 2.26. The van der Waals surface area contributed by atoms with Crippen LogP contribution in [0.1, 0.15) is 22.7 Å². The highest BCUT2D eigenvalue weighted by Gasteiger charge is 2.32. The molecule has 9 nitrogen and oxygen atoms in total. The fourth-order valence-corrected chi connectivity index (χ4v) is 6.11. The van der Waals surface area contributed by atoms with Crippen molar-refractivity contribution in [1.82, 2.24) is 10.2 Å². The molecule has 0 bridgehead atoms. The predicted molar refractivity (Wildman–Crippen MR) is 185 cm³/mol. The molecule has 0 aliphatic rings. The van der Waals surface area contributed by atoms with E-state index < -0.39 is 40.3 Å². The van der Waals surface area contributed by atoms with Crippen LogP contribution in [0.3, 0.4) is 0 Å². The van der Waals surface area contributed by atoms with Gasteiger partial charge in [-0.2, -0.15) is 0 Å². The van der Waals surface area contributed by atoms with E-state index in [1.165, 1.54) is 41.3 Å². The zero-order valence-corrected chi connectivity index (χ0v) is 28.0. The largest absolute Gasteiger partial charge is 0.497 e. The summed E-state index contributed by atoms with van der Waals surface area (Å²) in [6.07, 6.45) is 0. The van der Waals surface area contributed by atoms with Crippen molar-refractivity contribution in [2.75, 3.05) is 18.4 Å². The van der Waals surface area contributed by atoms with E-state index in [9.17, 15) is 22.4 Å². The Morgan fingerprint density at radius 2 is 1.41 bits per heavy atom. The van der Waals surface area contributed by atoms with E-state index in [1.807, 2.05) is 30.3 Å². The third-order valence-electron chi connectivity index (χ3n) is 7.48. The zero-order valence-electron chi connectivity index (χ0n) is 26.4. The molecule has 0 aliphatic heterocycles. The first kappa shape index (κ1) is 34.9. The number of benzene rings is 5. The molecule has 2 amide bonds. The van der Waals surface area contributed by atoms with Crippen LogP contribution in [0.5, 0.6) is 11.5 Å². The molecule has 252 valence electrons. The van der Waals surface area contributed by atoms with Gasteiger partial charge < -0.3 is 19.7 Å². The summed E-state index contributed by atoms with van der Waals surface area (Å²) in [5, 5.41) is 3.53. The number of rotatable bonds is 14. The van der Waals surface area contributed by atoms with Gasteiger partial charge in [-0.3, -0.25) is 14.3 Å². The second kappa shape index (κ2) is 16.1. The monoisotopic (exact) mass is 701 g/mol. The summed E-state index contributed by atoms with van der Waals surface area (Å²) in [6, 6.07) is 32.6. The van der Waals surface area contributed by atoms with Gasteiger partial charge in [0.25, 0.3) is 15.9 Å². The standard InChI is InChI=1S/C37H33ClFN3O6S/c1-47-32-17-9-27(10-18-32)24-42(36(28-5-3-2-4-6-28)37(44)40-23-26-7-11-29(38)12-8-26)35(43)25-48-33-19-21-34(22-20-33)49(45,46)41-31-15-13-30(39)14-16-31/h2-22,36,41H,23-25H2,1H3,(H,40,44). The van der Waals surface area contributed by atoms with Gasteiger partial charge in [0.2, 0.25) is 5.91 Å². The van der Waals surface area contributed by atoms with Crippen LogP contribution < -0.4 is 19.5 Å². The van der Waals surface area contributed by atoms with Gasteiger partial charge in [-0.15, -0.1) is 0 Å². The van der Waals surface area contributed by atoms with E-state index in [1.54, 1.807) is 55.6 Å². The van der Waals surface area contributed by atoms with Crippen molar-refractivity contribution in [1.29, 1.82) is 0 Å². The van der Waals surface area contributed by atoms with Crippen LogP contribution in [-0.4, -0.2) is 38.8 Å². The molecule has 0 radical (unpaired) electrons. The lowest BCUT2D eigenvalue weighted by Gasteiger charge is -2.31. The Labute approximate surface area is 289 Å². The second-order valence-corrected chi connectivity index (χ2v) is 13.0. The molecule has 0 saturated heterocycles. The van der Waals surface area contributed by atoms with E-state index in [2.05, 4.69) is 10.0 Å². The molecule has 0 aliphatic carbocycles. The number of anilines is 1.